The van der Waals surface area contributed by atoms with Gasteiger partial charge in [0.25, 0.3) is 0 Å². The minimum atomic E-state index is -3.28. The van der Waals surface area contributed by atoms with Crippen molar-refractivity contribution in [2.75, 3.05) is 25.9 Å². The summed E-state index contributed by atoms with van der Waals surface area (Å²) in [5.41, 5.74) is -0.791. The Hall–Kier alpha value is -1.15. The monoisotopic (exact) mass is 304 g/mol. The minimum Gasteiger partial charge on any atom is -0.481 e. The normalized spacial score (nSPS) is 25.9. The van der Waals surface area contributed by atoms with Crippen molar-refractivity contribution in [3.63, 3.8) is 0 Å². The van der Waals surface area contributed by atoms with Crippen LogP contribution < -0.4 is 5.32 Å². The van der Waals surface area contributed by atoms with Crippen molar-refractivity contribution in [2.24, 2.45) is 11.3 Å². The molecule has 0 aromatic heterocycles. The van der Waals surface area contributed by atoms with E-state index in [1.54, 1.807) is 0 Å². The second-order valence-corrected chi connectivity index (χ2v) is 7.75. The highest BCUT2D eigenvalue weighted by molar-refractivity contribution is 7.88. The van der Waals surface area contributed by atoms with Gasteiger partial charge in [0.15, 0.2) is 0 Å². The molecule has 0 aromatic rings. The summed E-state index contributed by atoms with van der Waals surface area (Å²) in [6, 6.07) is 0. The van der Waals surface area contributed by atoms with Crippen LogP contribution in [0, 0.1) is 11.3 Å². The van der Waals surface area contributed by atoms with Crippen LogP contribution >= 0.6 is 0 Å². The number of carbonyl (C=O) groups is 2. The largest absolute Gasteiger partial charge is 0.481 e. The molecule has 20 heavy (non-hydrogen) atoms. The predicted molar refractivity (Wildman–Crippen MR) is 71.5 cm³/mol. The summed E-state index contributed by atoms with van der Waals surface area (Å²) in [5.74, 6) is -1.51. The molecule has 114 valence electrons. The molecule has 7 nitrogen and oxygen atoms in total. The van der Waals surface area contributed by atoms with Crippen LogP contribution in [0.5, 0.6) is 0 Å². The number of carbonyl (C=O) groups excluding carboxylic acids is 1. The summed E-state index contributed by atoms with van der Waals surface area (Å²) in [6.45, 7) is 0.767. The number of carboxylic acids is 1. The number of sulfonamides is 1. The Kier molecular flexibility index (Phi) is 4.06. The van der Waals surface area contributed by atoms with Gasteiger partial charge in [-0.3, -0.25) is 9.59 Å². The van der Waals surface area contributed by atoms with Gasteiger partial charge in [0.05, 0.1) is 17.6 Å². The summed E-state index contributed by atoms with van der Waals surface area (Å²) < 4.78 is 24.3. The van der Waals surface area contributed by atoms with Gasteiger partial charge in [-0.05, 0) is 25.7 Å². The van der Waals surface area contributed by atoms with Gasteiger partial charge in [0, 0.05) is 19.6 Å². The lowest BCUT2D eigenvalue weighted by atomic mass is 9.98. The van der Waals surface area contributed by atoms with Gasteiger partial charge < -0.3 is 10.4 Å². The van der Waals surface area contributed by atoms with Crippen LogP contribution in [-0.4, -0.2) is 55.6 Å². The first-order valence-corrected chi connectivity index (χ1v) is 8.56. The van der Waals surface area contributed by atoms with E-state index in [0.29, 0.717) is 32.2 Å². The summed E-state index contributed by atoms with van der Waals surface area (Å²) in [7, 11) is -3.28. The molecule has 0 aromatic carbocycles. The lowest BCUT2D eigenvalue weighted by Crippen LogP contribution is -2.46. The zero-order chi connectivity index (χ0) is 15.0. The van der Waals surface area contributed by atoms with Crippen LogP contribution in [0.3, 0.4) is 0 Å². The smallest absolute Gasteiger partial charge is 0.311 e. The Morgan fingerprint density at radius 1 is 1.40 bits per heavy atom. The zero-order valence-electron chi connectivity index (χ0n) is 11.5. The third-order valence-corrected chi connectivity index (χ3v) is 5.40. The second-order valence-electron chi connectivity index (χ2n) is 5.76. The summed E-state index contributed by atoms with van der Waals surface area (Å²) in [4.78, 5) is 23.1. The van der Waals surface area contributed by atoms with Crippen LogP contribution in [0.2, 0.25) is 0 Å². The van der Waals surface area contributed by atoms with Crippen LogP contribution in [0.15, 0.2) is 0 Å². The maximum Gasteiger partial charge on any atom is 0.311 e. The maximum atomic E-state index is 12.0. The number of piperidine rings is 1. The molecule has 2 rings (SSSR count). The minimum absolute atomic E-state index is 0.135. The fraction of sp³-hybridized carbons (Fsp3) is 0.833. The Labute approximate surface area is 118 Å². The molecule has 1 unspecified atom stereocenters. The van der Waals surface area contributed by atoms with Crippen molar-refractivity contribution in [3.8, 4) is 0 Å². The van der Waals surface area contributed by atoms with Crippen molar-refractivity contribution < 1.29 is 23.1 Å². The quantitative estimate of drug-likeness (QED) is 0.722. The highest BCUT2D eigenvalue weighted by Crippen LogP contribution is 2.45. The maximum absolute atomic E-state index is 12.0. The molecular weight excluding hydrogens is 284 g/mol. The Morgan fingerprint density at radius 2 is 2.05 bits per heavy atom. The lowest BCUT2D eigenvalue weighted by Gasteiger charge is -2.30. The summed E-state index contributed by atoms with van der Waals surface area (Å²) in [6.07, 6.45) is 3.59. The topological polar surface area (TPSA) is 104 Å². The predicted octanol–water partition coefficient (Wildman–Crippen LogP) is -0.361. The third kappa shape index (κ3) is 3.29. The fourth-order valence-corrected chi connectivity index (χ4v) is 3.39. The number of aliphatic carboxylic acids is 1. The first-order chi connectivity index (χ1) is 9.24. The number of hydrogen-bond donors (Lipinski definition) is 2. The van der Waals surface area contributed by atoms with Gasteiger partial charge in [-0.15, -0.1) is 0 Å². The van der Waals surface area contributed by atoms with Crippen LogP contribution in [-0.2, 0) is 19.6 Å². The first kappa shape index (κ1) is 15.2. The Bertz CT molecular complexity index is 512. The molecular formula is C12H20N2O5S. The molecule has 2 fully saturated rings. The van der Waals surface area contributed by atoms with E-state index in [4.69, 9.17) is 5.11 Å². The average molecular weight is 304 g/mol. The summed E-state index contributed by atoms with van der Waals surface area (Å²) >= 11 is 0. The van der Waals surface area contributed by atoms with Crippen molar-refractivity contribution in [1.82, 2.24) is 9.62 Å². The molecule has 1 saturated heterocycles. The standard InChI is InChI=1S/C12H20N2O5S/c1-20(18,19)14-6-2-3-9(7-14)10(15)13-8-12(4-5-12)11(16)17/h9H,2-8H2,1H3,(H,13,15)(H,16,17). The first-order valence-electron chi connectivity index (χ1n) is 6.71. The Morgan fingerprint density at radius 3 is 2.55 bits per heavy atom. The van der Waals surface area contributed by atoms with Crippen LogP contribution in [0.25, 0.3) is 0 Å². The number of nitrogens with zero attached hydrogens (tertiary/aromatic N) is 1. The van der Waals surface area contributed by atoms with E-state index in [-0.39, 0.29) is 24.9 Å². The van der Waals surface area contributed by atoms with Crippen molar-refractivity contribution in [2.45, 2.75) is 25.7 Å². The fourth-order valence-electron chi connectivity index (χ4n) is 2.48. The van der Waals surface area contributed by atoms with Gasteiger partial charge in [0.1, 0.15) is 0 Å². The van der Waals surface area contributed by atoms with E-state index in [9.17, 15) is 18.0 Å². The number of nitrogens with one attached hydrogen (secondary N) is 1. The number of hydrogen-bond acceptors (Lipinski definition) is 4. The molecule has 1 amide bonds. The average Bonchev–Trinajstić information content (AvgIpc) is 3.16. The van der Waals surface area contributed by atoms with E-state index in [1.807, 2.05) is 0 Å². The molecule has 2 N–H and O–H groups in total. The van der Waals surface area contributed by atoms with Gasteiger partial charge in [-0.1, -0.05) is 0 Å². The molecule has 2 aliphatic rings. The molecule has 1 aliphatic carbocycles. The van der Waals surface area contributed by atoms with E-state index >= 15 is 0 Å². The highest BCUT2D eigenvalue weighted by atomic mass is 32.2. The second kappa shape index (κ2) is 5.33. The molecule has 0 radical (unpaired) electrons. The van der Waals surface area contributed by atoms with Gasteiger partial charge in [-0.2, -0.15) is 0 Å². The van der Waals surface area contributed by atoms with Gasteiger partial charge in [0.2, 0.25) is 15.9 Å². The highest BCUT2D eigenvalue weighted by Gasteiger charge is 2.50. The summed E-state index contributed by atoms with van der Waals surface area (Å²) in [5, 5.41) is 11.7. The van der Waals surface area contributed by atoms with Crippen molar-refractivity contribution >= 4 is 21.9 Å². The van der Waals surface area contributed by atoms with Crippen molar-refractivity contribution in [3.05, 3.63) is 0 Å². The van der Waals surface area contributed by atoms with E-state index < -0.39 is 21.4 Å². The Balaban J connectivity index is 1.88. The van der Waals surface area contributed by atoms with E-state index in [2.05, 4.69) is 5.32 Å². The molecule has 1 saturated carbocycles. The third-order valence-electron chi connectivity index (χ3n) is 4.13. The number of amides is 1. The van der Waals surface area contributed by atoms with Crippen molar-refractivity contribution in [1.29, 1.82) is 0 Å². The molecule has 1 aliphatic heterocycles. The molecule has 1 atom stereocenters. The van der Waals surface area contributed by atoms with Gasteiger partial charge in [-0.25, -0.2) is 12.7 Å². The van der Waals surface area contributed by atoms with Crippen LogP contribution in [0.4, 0.5) is 0 Å². The molecule has 0 bridgehead atoms. The molecule has 0 spiro atoms. The molecule has 8 heteroatoms. The zero-order valence-corrected chi connectivity index (χ0v) is 12.3. The number of rotatable bonds is 5. The number of carboxylic acid groups (broad SMARTS) is 1. The molecule has 1 heterocycles. The van der Waals surface area contributed by atoms with Crippen LogP contribution in [0.1, 0.15) is 25.7 Å². The van der Waals surface area contributed by atoms with E-state index in [1.165, 1.54) is 4.31 Å². The van der Waals surface area contributed by atoms with Gasteiger partial charge >= 0.3 is 5.97 Å². The SMILES string of the molecule is CS(=O)(=O)N1CCCC(C(=O)NCC2(C(=O)O)CC2)C1. The van der Waals surface area contributed by atoms with E-state index in [0.717, 1.165) is 6.26 Å². The lowest BCUT2D eigenvalue weighted by molar-refractivity contribution is -0.143.